The van der Waals surface area contributed by atoms with Gasteiger partial charge in [0.05, 0.1) is 5.52 Å². The number of ether oxygens (including phenoxy) is 1. The highest BCUT2D eigenvalue weighted by Crippen LogP contribution is 2.31. The number of likely N-dealkylation sites (tertiary alicyclic amines) is 1. The van der Waals surface area contributed by atoms with Crippen LogP contribution >= 0.6 is 0 Å². The number of fused-ring (bicyclic) bond motifs is 2. The molecule has 39 heavy (non-hydrogen) atoms. The first-order chi connectivity index (χ1) is 18.6. The van der Waals surface area contributed by atoms with E-state index in [0.717, 1.165) is 54.0 Å². The monoisotopic (exact) mass is 526 g/mol. The number of pyridine rings is 1. The first-order valence-electron chi connectivity index (χ1n) is 13.7. The minimum atomic E-state index is -0.609. The van der Waals surface area contributed by atoms with E-state index in [2.05, 4.69) is 61.3 Å². The molecule has 2 aromatic carbocycles. The van der Waals surface area contributed by atoms with Crippen molar-refractivity contribution in [1.29, 1.82) is 0 Å². The van der Waals surface area contributed by atoms with Gasteiger partial charge in [0.15, 0.2) is 0 Å². The van der Waals surface area contributed by atoms with Crippen molar-refractivity contribution in [3.05, 3.63) is 70.9 Å². The molecule has 2 atom stereocenters. The number of amides is 3. The highest BCUT2D eigenvalue weighted by molar-refractivity contribution is 6.05. The van der Waals surface area contributed by atoms with Crippen LogP contribution in [0.3, 0.4) is 0 Å². The maximum Gasteiger partial charge on any atom is 0.255 e. The van der Waals surface area contributed by atoms with Crippen LogP contribution in [0.25, 0.3) is 10.9 Å². The molecule has 3 aromatic rings. The highest BCUT2D eigenvalue weighted by Gasteiger charge is 2.39. The molecule has 0 aliphatic carbocycles. The Morgan fingerprint density at radius 3 is 2.67 bits per heavy atom. The molecule has 2 saturated heterocycles. The zero-order valence-electron chi connectivity index (χ0n) is 22.7. The second-order valence-corrected chi connectivity index (χ2v) is 12.0. The van der Waals surface area contributed by atoms with Crippen LogP contribution in [-0.2, 0) is 28.1 Å². The van der Waals surface area contributed by atoms with E-state index in [1.54, 1.807) is 11.0 Å². The summed E-state index contributed by atoms with van der Waals surface area (Å²) in [6, 6.07) is 15.8. The number of hydrogen-bond acceptors (Lipinski definition) is 6. The number of aromatic nitrogens is 1. The molecule has 3 aliphatic rings. The van der Waals surface area contributed by atoms with Gasteiger partial charge in [-0.05, 0) is 60.4 Å². The minimum Gasteiger partial charge on any atom is -0.489 e. The zero-order valence-corrected chi connectivity index (χ0v) is 22.7. The molecule has 2 fully saturated rings. The van der Waals surface area contributed by atoms with E-state index in [9.17, 15) is 14.4 Å². The number of nitrogens with one attached hydrogen (secondary N) is 1. The SMILES string of the molecule is CC(C)(C)c1ccc2cc(CN3CC[C@H](Oc4ccc5c(c4)CN(C4CCC(=O)NC4=O)C5=O)C3)ccc2n1. The third-order valence-electron chi connectivity index (χ3n) is 7.96. The average Bonchev–Trinajstić information content (AvgIpc) is 3.46. The molecule has 0 spiro atoms. The number of rotatable bonds is 5. The lowest BCUT2D eigenvalue weighted by Gasteiger charge is -2.29. The minimum absolute atomic E-state index is 0.0265. The van der Waals surface area contributed by atoms with Crippen molar-refractivity contribution in [1.82, 2.24) is 20.1 Å². The van der Waals surface area contributed by atoms with E-state index in [4.69, 9.17) is 9.72 Å². The third-order valence-corrected chi connectivity index (χ3v) is 7.96. The summed E-state index contributed by atoms with van der Waals surface area (Å²) >= 11 is 0. The summed E-state index contributed by atoms with van der Waals surface area (Å²) in [5.74, 6) is -0.107. The number of imide groups is 1. The second-order valence-electron chi connectivity index (χ2n) is 12.0. The van der Waals surface area contributed by atoms with Crippen LogP contribution < -0.4 is 10.1 Å². The summed E-state index contributed by atoms with van der Waals surface area (Å²) in [7, 11) is 0. The number of benzene rings is 2. The lowest BCUT2D eigenvalue weighted by molar-refractivity contribution is -0.136. The quantitative estimate of drug-likeness (QED) is 0.507. The summed E-state index contributed by atoms with van der Waals surface area (Å²) in [4.78, 5) is 45.6. The van der Waals surface area contributed by atoms with Crippen LogP contribution in [0, 0.1) is 0 Å². The summed E-state index contributed by atoms with van der Waals surface area (Å²) in [5, 5.41) is 3.51. The van der Waals surface area contributed by atoms with E-state index in [1.807, 2.05) is 12.1 Å². The molecule has 0 bridgehead atoms. The smallest absolute Gasteiger partial charge is 0.255 e. The molecule has 1 N–H and O–H groups in total. The van der Waals surface area contributed by atoms with Crippen LogP contribution in [0.1, 0.15) is 67.2 Å². The van der Waals surface area contributed by atoms with E-state index in [0.29, 0.717) is 18.5 Å². The normalized spacial score (nSPS) is 21.9. The number of carbonyl (C=O) groups excluding carboxylic acids is 3. The molecule has 1 unspecified atom stereocenters. The van der Waals surface area contributed by atoms with Gasteiger partial charge in [0.2, 0.25) is 11.8 Å². The Kier molecular flexibility index (Phi) is 6.38. The number of piperidine rings is 1. The summed E-state index contributed by atoms with van der Waals surface area (Å²) in [5.41, 5.74) is 4.87. The fraction of sp³-hybridized carbons (Fsp3) is 0.419. The lowest BCUT2D eigenvalue weighted by atomic mass is 9.91. The highest BCUT2D eigenvalue weighted by atomic mass is 16.5. The number of hydrogen-bond donors (Lipinski definition) is 1. The van der Waals surface area contributed by atoms with Crippen molar-refractivity contribution in [2.24, 2.45) is 0 Å². The van der Waals surface area contributed by atoms with Gasteiger partial charge >= 0.3 is 0 Å². The Labute approximate surface area is 228 Å². The largest absolute Gasteiger partial charge is 0.489 e. The van der Waals surface area contributed by atoms with E-state index in [1.165, 1.54) is 5.56 Å². The van der Waals surface area contributed by atoms with Crippen LogP contribution in [0.15, 0.2) is 48.5 Å². The predicted molar refractivity (Wildman–Crippen MR) is 147 cm³/mol. The van der Waals surface area contributed by atoms with Gasteiger partial charge in [-0.15, -0.1) is 0 Å². The molecular weight excluding hydrogens is 492 g/mol. The van der Waals surface area contributed by atoms with Crippen LogP contribution in [0.2, 0.25) is 0 Å². The van der Waals surface area contributed by atoms with Gasteiger partial charge in [0.1, 0.15) is 17.9 Å². The second kappa shape index (κ2) is 9.75. The fourth-order valence-corrected chi connectivity index (χ4v) is 5.80. The van der Waals surface area contributed by atoms with Gasteiger partial charge in [0.25, 0.3) is 5.91 Å². The lowest BCUT2D eigenvalue weighted by Crippen LogP contribution is -2.52. The Bertz CT molecular complexity index is 1480. The maximum atomic E-state index is 12.9. The topological polar surface area (TPSA) is 91.8 Å². The van der Waals surface area contributed by atoms with E-state index < -0.39 is 11.9 Å². The van der Waals surface area contributed by atoms with Crippen LogP contribution in [-0.4, -0.2) is 57.7 Å². The molecule has 3 aliphatic heterocycles. The Hall–Kier alpha value is -3.78. The maximum absolute atomic E-state index is 12.9. The van der Waals surface area contributed by atoms with Crippen LogP contribution in [0.5, 0.6) is 5.75 Å². The average molecular weight is 527 g/mol. The summed E-state index contributed by atoms with van der Waals surface area (Å²) < 4.78 is 6.33. The van der Waals surface area contributed by atoms with Crippen molar-refractivity contribution in [2.45, 2.75) is 70.7 Å². The molecule has 8 nitrogen and oxygen atoms in total. The zero-order chi connectivity index (χ0) is 27.3. The van der Waals surface area contributed by atoms with Crippen molar-refractivity contribution in [3.63, 3.8) is 0 Å². The molecular formula is C31H34N4O4. The summed E-state index contributed by atoms with van der Waals surface area (Å²) in [6.07, 6.45) is 1.61. The van der Waals surface area contributed by atoms with E-state index >= 15 is 0 Å². The summed E-state index contributed by atoms with van der Waals surface area (Å²) in [6.45, 7) is 9.53. The Morgan fingerprint density at radius 1 is 1.03 bits per heavy atom. The van der Waals surface area contributed by atoms with Crippen molar-refractivity contribution in [3.8, 4) is 5.75 Å². The van der Waals surface area contributed by atoms with Gasteiger partial charge in [-0.2, -0.15) is 0 Å². The number of carbonyl (C=O) groups is 3. The molecule has 0 saturated carbocycles. The molecule has 6 rings (SSSR count). The predicted octanol–water partition coefficient (Wildman–Crippen LogP) is 3.95. The third kappa shape index (κ3) is 5.13. The fourth-order valence-electron chi connectivity index (χ4n) is 5.80. The molecule has 4 heterocycles. The standard InChI is InChI=1S/C31H34N4O4/c1-31(2,3)27-10-5-20-14-19(4-8-25(20)32-27)16-34-13-12-23(18-34)39-22-6-7-24-21(15-22)17-35(30(24)38)26-9-11-28(36)33-29(26)37/h4-8,10,14-15,23,26H,9,11-13,16-18H2,1-3H3,(H,33,36,37)/t23-,26?/m0/s1. The Morgan fingerprint density at radius 2 is 1.87 bits per heavy atom. The first-order valence-corrected chi connectivity index (χ1v) is 13.7. The number of nitrogens with zero attached hydrogens (tertiary/aromatic N) is 3. The van der Waals surface area contributed by atoms with Crippen molar-refractivity contribution >= 4 is 28.6 Å². The molecule has 3 amide bonds. The van der Waals surface area contributed by atoms with Gasteiger partial charge < -0.3 is 9.64 Å². The Balaban J connectivity index is 1.07. The van der Waals surface area contributed by atoms with Gasteiger partial charge in [-0.1, -0.05) is 32.9 Å². The van der Waals surface area contributed by atoms with Crippen molar-refractivity contribution < 1.29 is 19.1 Å². The molecule has 0 radical (unpaired) electrons. The molecule has 1 aromatic heterocycles. The van der Waals surface area contributed by atoms with Crippen LogP contribution in [0.4, 0.5) is 0 Å². The van der Waals surface area contributed by atoms with Gasteiger partial charge in [-0.3, -0.25) is 29.6 Å². The van der Waals surface area contributed by atoms with Gasteiger partial charge in [-0.25, -0.2) is 0 Å². The first kappa shape index (κ1) is 25.5. The van der Waals surface area contributed by atoms with Crippen molar-refractivity contribution in [2.75, 3.05) is 13.1 Å². The van der Waals surface area contributed by atoms with Gasteiger partial charge in [0, 0.05) is 54.7 Å². The van der Waals surface area contributed by atoms with E-state index in [-0.39, 0.29) is 29.8 Å². The molecule has 202 valence electrons. The molecule has 8 heteroatoms.